The highest BCUT2D eigenvalue weighted by Gasteiger charge is 2.12. The highest BCUT2D eigenvalue weighted by atomic mass is 16.5. The van der Waals surface area contributed by atoms with Gasteiger partial charge in [0.15, 0.2) is 0 Å². The minimum atomic E-state index is 0.738. The number of hydrogen-bond donors (Lipinski definition) is 1. The van der Waals surface area contributed by atoms with Gasteiger partial charge in [-0.3, -0.25) is 9.80 Å². The van der Waals surface area contributed by atoms with Crippen LogP contribution in [0.1, 0.15) is 18.4 Å². The van der Waals surface area contributed by atoms with Gasteiger partial charge >= 0.3 is 0 Å². The van der Waals surface area contributed by atoms with E-state index in [1.54, 1.807) is 0 Å². The molecule has 0 saturated carbocycles. The van der Waals surface area contributed by atoms with Crippen molar-refractivity contribution >= 4 is 5.69 Å². The summed E-state index contributed by atoms with van der Waals surface area (Å²) >= 11 is 0. The molecule has 1 fully saturated rings. The maximum Gasteiger partial charge on any atom is 0.124 e. The normalized spacial score (nSPS) is 15.5. The van der Waals surface area contributed by atoms with Crippen LogP contribution in [0.2, 0.25) is 0 Å². The second kappa shape index (κ2) is 8.05. The molecule has 1 saturated heterocycles. The molecule has 0 spiro atoms. The molecule has 4 heteroatoms. The summed E-state index contributed by atoms with van der Waals surface area (Å²) in [5.41, 5.74) is 7.82. The zero-order valence-electron chi connectivity index (χ0n) is 13.1. The van der Waals surface area contributed by atoms with Crippen LogP contribution in [-0.2, 0) is 6.54 Å². The van der Waals surface area contributed by atoms with E-state index in [4.69, 9.17) is 10.5 Å². The molecule has 0 atom stereocenters. The van der Waals surface area contributed by atoms with Gasteiger partial charge < -0.3 is 10.5 Å². The van der Waals surface area contributed by atoms with E-state index in [1.807, 2.05) is 24.3 Å². The Morgan fingerprint density at radius 1 is 1.38 bits per heavy atom. The molecular formula is C17H27N3O. The Labute approximate surface area is 128 Å². The van der Waals surface area contributed by atoms with Crippen LogP contribution >= 0.6 is 0 Å². The van der Waals surface area contributed by atoms with E-state index in [2.05, 4.69) is 23.4 Å². The van der Waals surface area contributed by atoms with Crippen LogP contribution in [0.4, 0.5) is 5.69 Å². The average molecular weight is 289 g/mol. The fourth-order valence-electron chi connectivity index (χ4n) is 2.73. The molecule has 4 nitrogen and oxygen atoms in total. The third-order valence-electron chi connectivity index (χ3n) is 3.83. The summed E-state index contributed by atoms with van der Waals surface area (Å²) < 4.78 is 5.98. The zero-order valence-corrected chi connectivity index (χ0v) is 13.1. The van der Waals surface area contributed by atoms with Crippen LogP contribution in [0.3, 0.4) is 0 Å². The molecule has 116 valence electrons. The topological polar surface area (TPSA) is 41.7 Å². The maximum absolute atomic E-state index is 5.98. The first kappa shape index (κ1) is 15.9. The minimum absolute atomic E-state index is 0.738. The molecule has 2 N–H and O–H groups in total. The summed E-state index contributed by atoms with van der Waals surface area (Å²) in [6.07, 6.45) is 4.54. The third-order valence-corrected chi connectivity index (χ3v) is 3.83. The molecule has 0 amide bonds. The van der Waals surface area contributed by atoms with Crippen molar-refractivity contribution in [1.29, 1.82) is 0 Å². The first-order valence-electron chi connectivity index (χ1n) is 7.72. The van der Waals surface area contributed by atoms with Crippen molar-refractivity contribution < 1.29 is 4.74 Å². The van der Waals surface area contributed by atoms with Crippen LogP contribution in [-0.4, -0.2) is 49.6 Å². The molecule has 1 aromatic rings. The number of likely N-dealkylation sites (tertiary alicyclic amines) is 1. The molecule has 1 aliphatic heterocycles. The van der Waals surface area contributed by atoms with E-state index in [1.165, 1.54) is 25.9 Å². The fraction of sp³-hybridized carbons (Fsp3) is 0.529. The Balaban J connectivity index is 1.91. The molecule has 1 aromatic carbocycles. The number of ether oxygens (including phenoxy) is 1. The number of hydrogen-bond acceptors (Lipinski definition) is 4. The molecule has 0 bridgehead atoms. The van der Waals surface area contributed by atoms with Crippen LogP contribution in [0.25, 0.3) is 0 Å². The standard InChI is InChI=1S/C17H27N3O/c1-3-8-19(2)14-15-13-16(18)6-7-17(15)21-12-11-20-9-4-5-10-20/h3,6-7,13H,1,4-5,8-12,14,18H2,2H3. The second-order valence-electron chi connectivity index (χ2n) is 5.75. The van der Waals surface area contributed by atoms with Gasteiger partial charge in [-0.2, -0.15) is 0 Å². The summed E-state index contributed by atoms with van der Waals surface area (Å²) in [6, 6.07) is 5.89. The quantitative estimate of drug-likeness (QED) is 0.589. The summed E-state index contributed by atoms with van der Waals surface area (Å²) in [7, 11) is 2.07. The first-order chi connectivity index (χ1) is 10.2. The Morgan fingerprint density at radius 2 is 2.14 bits per heavy atom. The number of nitrogens with two attached hydrogens (primary N) is 1. The lowest BCUT2D eigenvalue weighted by atomic mass is 10.1. The van der Waals surface area contributed by atoms with E-state index in [0.29, 0.717) is 0 Å². The van der Waals surface area contributed by atoms with Crippen molar-refractivity contribution in [3.8, 4) is 5.75 Å². The Bertz CT molecular complexity index is 455. The van der Waals surface area contributed by atoms with Gasteiger partial charge in [-0.15, -0.1) is 6.58 Å². The van der Waals surface area contributed by atoms with Crippen LogP contribution in [0.5, 0.6) is 5.75 Å². The lowest BCUT2D eigenvalue weighted by Crippen LogP contribution is -2.25. The highest BCUT2D eigenvalue weighted by molar-refractivity contribution is 5.47. The summed E-state index contributed by atoms with van der Waals surface area (Å²) in [6.45, 7) is 9.60. The lowest BCUT2D eigenvalue weighted by molar-refractivity contribution is 0.234. The molecule has 0 aromatic heterocycles. The van der Waals surface area contributed by atoms with E-state index in [-0.39, 0.29) is 0 Å². The van der Waals surface area contributed by atoms with Gasteiger partial charge in [0.2, 0.25) is 0 Å². The number of rotatable bonds is 8. The molecule has 21 heavy (non-hydrogen) atoms. The summed E-state index contributed by atoms with van der Waals surface area (Å²) in [5, 5.41) is 0. The van der Waals surface area contributed by atoms with Gasteiger partial charge in [-0.1, -0.05) is 6.08 Å². The third kappa shape index (κ3) is 5.06. The molecule has 1 aliphatic rings. The number of nitrogens with zero attached hydrogens (tertiary/aromatic N) is 2. The van der Waals surface area contributed by atoms with Gasteiger partial charge in [0.1, 0.15) is 12.4 Å². The van der Waals surface area contributed by atoms with Crippen molar-refractivity contribution in [3.63, 3.8) is 0 Å². The predicted octanol–water partition coefficient (Wildman–Crippen LogP) is 2.36. The SMILES string of the molecule is C=CCN(C)Cc1cc(N)ccc1OCCN1CCCC1. The molecule has 0 unspecified atom stereocenters. The van der Waals surface area contributed by atoms with Crippen molar-refractivity contribution in [3.05, 3.63) is 36.4 Å². The number of nitrogen functional groups attached to an aromatic ring is 1. The zero-order chi connectivity index (χ0) is 15.1. The van der Waals surface area contributed by atoms with Gasteiger partial charge in [0.25, 0.3) is 0 Å². The average Bonchev–Trinajstić information content (AvgIpc) is 2.94. The largest absolute Gasteiger partial charge is 0.492 e. The van der Waals surface area contributed by atoms with Crippen molar-refractivity contribution in [2.75, 3.05) is 45.6 Å². The Morgan fingerprint density at radius 3 is 2.86 bits per heavy atom. The van der Waals surface area contributed by atoms with Crippen LogP contribution in [0.15, 0.2) is 30.9 Å². The Kier molecular flexibility index (Phi) is 6.08. The van der Waals surface area contributed by atoms with Crippen LogP contribution < -0.4 is 10.5 Å². The van der Waals surface area contributed by atoms with Gasteiger partial charge in [0.05, 0.1) is 0 Å². The summed E-state index contributed by atoms with van der Waals surface area (Å²) in [5.74, 6) is 0.944. The van der Waals surface area contributed by atoms with E-state index in [9.17, 15) is 0 Å². The van der Waals surface area contributed by atoms with E-state index in [0.717, 1.165) is 43.2 Å². The number of likely N-dealkylation sites (N-methyl/N-ethyl adjacent to an activating group) is 1. The predicted molar refractivity (Wildman–Crippen MR) is 88.6 cm³/mol. The number of anilines is 1. The highest BCUT2D eigenvalue weighted by Crippen LogP contribution is 2.23. The second-order valence-corrected chi connectivity index (χ2v) is 5.75. The van der Waals surface area contributed by atoms with Crippen molar-refractivity contribution in [2.45, 2.75) is 19.4 Å². The van der Waals surface area contributed by atoms with Crippen molar-refractivity contribution in [1.82, 2.24) is 9.80 Å². The first-order valence-corrected chi connectivity index (χ1v) is 7.72. The minimum Gasteiger partial charge on any atom is -0.492 e. The molecule has 0 aliphatic carbocycles. The Hall–Kier alpha value is -1.52. The fourth-order valence-corrected chi connectivity index (χ4v) is 2.73. The summed E-state index contributed by atoms with van der Waals surface area (Å²) in [4.78, 5) is 4.65. The lowest BCUT2D eigenvalue weighted by Gasteiger charge is -2.19. The number of benzene rings is 1. The van der Waals surface area contributed by atoms with Gasteiger partial charge in [-0.05, 0) is 51.2 Å². The smallest absolute Gasteiger partial charge is 0.124 e. The van der Waals surface area contributed by atoms with Crippen molar-refractivity contribution in [2.24, 2.45) is 0 Å². The van der Waals surface area contributed by atoms with E-state index >= 15 is 0 Å². The van der Waals surface area contributed by atoms with Crippen LogP contribution in [0, 0.1) is 0 Å². The molecule has 1 heterocycles. The molecule has 0 radical (unpaired) electrons. The van der Waals surface area contributed by atoms with Gasteiger partial charge in [-0.25, -0.2) is 0 Å². The monoisotopic (exact) mass is 289 g/mol. The van der Waals surface area contributed by atoms with Gasteiger partial charge in [0, 0.05) is 30.9 Å². The maximum atomic E-state index is 5.98. The molecular weight excluding hydrogens is 262 g/mol. The molecule has 2 rings (SSSR count). The van der Waals surface area contributed by atoms with E-state index < -0.39 is 0 Å².